The third-order valence-electron chi connectivity index (χ3n) is 7.42. The molecule has 260 valence electrons. The summed E-state index contributed by atoms with van der Waals surface area (Å²) in [6.07, 6.45) is 10.6. The summed E-state index contributed by atoms with van der Waals surface area (Å²) in [7, 11) is -8.99. The standard InChI is InChI=1S/2C18H22O5S.Ca/c2*1-2-3-4-5-8-14-9-6-7-10-17(14)23-18-13-15(24(20,21)22)11-12-16(18)19;/h2*6-7,9-13,19H,2-5,8H2,1H3,(H,20,21,22);/q;;+2/p-2. The van der Waals surface area contributed by atoms with E-state index in [0.29, 0.717) is 11.5 Å². The van der Waals surface area contributed by atoms with Crippen molar-refractivity contribution in [2.45, 2.75) is 87.8 Å². The van der Waals surface area contributed by atoms with Crippen LogP contribution < -0.4 is 14.6 Å². The number of aryl methyl sites for hydroxylation is 2. The Kier molecular flexibility index (Phi) is 17.9. The molecule has 0 bridgehead atoms. The van der Waals surface area contributed by atoms with Crippen LogP contribution in [0.2, 0.25) is 0 Å². The topological polar surface area (TPSA) is 173 Å². The van der Waals surface area contributed by atoms with Crippen molar-refractivity contribution in [3.63, 3.8) is 0 Å². The van der Waals surface area contributed by atoms with Crippen LogP contribution >= 0.6 is 0 Å². The Morgan fingerprint density at radius 3 is 1.57 bits per heavy atom. The first kappa shape index (κ1) is 42.3. The molecule has 4 aromatic rings. The van der Waals surface area contributed by atoms with Crippen molar-refractivity contribution in [3.05, 3.63) is 96.1 Å². The van der Waals surface area contributed by atoms with Gasteiger partial charge in [-0.15, -0.1) is 0 Å². The van der Waals surface area contributed by atoms with Gasteiger partial charge in [0.25, 0.3) is 10.1 Å². The van der Waals surface area contributed by atoms with Crippen LogP contribution in [0, 0.1) is 0 Å². The molecule has 0 saturated heterocycles. The van der Waals surface area contributed by atoms with Gasteiger partial charge < -0.3 is 24.2 Å². The van der Waals surface area contributed by atoms with Gasteiger partial charge in [-0.2, -0.15) is 8.42 Å². The molecule has 0 aromatic heterocycles. The summed E-state index contributed by atoms with van der Waals surface area (Å²) in [5, 5.41) is 21.8. The van der Waals surface area contributed by atoms with Crippen LogP contribution in [0.4, 0.5) is 0 Å². The van der Waals surface area contributed by atoms with Crippen molar-refractivity contribution in [3.8, 4) is 34.5 Å². The minimum absolute atomic E-state index is 0. The molecule has 0 fully saturated rings. The maximum Gasteiger partial charge on any atom is 2.00 e. The minimum Gasteiger partial charge on any atom is -0.870 e. The number of unbranched alkanes of at least 4 members (excludes halogenated alkanes) is 6. The number of aromatic hydroxyl groups is 1. The van der Waals surface area contributed by atoms with E-state index in [1.807, 2.05) is 30.3 Å². The fraction of sp³-hybridized carbons (Fsp3) is 0.333. The van der Waals surface area contributed by atoms with Gasteiger partial charge in [0.2, 0.25) is 0 Å². The molecular weight excluding hydrogens is 697 g/mol. The van der Waals surface area contributed by atoms with Gasteiger partial charge in [0.1, 0.15) is 27.4 Å². The molecule has 0 heterocycles. The number of hydrogen-bond acceptors (Lipinski definition) is 9. The van der Waals surface area contributed by atoms with Crippen molar-refractivity contribution < 1.29 is 45.6 Å². The second-order valence-electron chi connectivity index (χ2n) is 11.2. The molecule has 0 atom stereocenters. The smallest absolute Gasteiger partial charge is 0.870 e. The van der Waals surface area contributed by atoms with E-state index in [4.69, 9.17) is 14.0 Å². The minimum atomic E-state index is -4.63. The van der Waals surface area contributed by atoms with Gasteiger partial charge >= 0.3 is 37.7 Å². The fourth-order valence-corrected chi connectivity index (χ4v) is 5.78. The summed E-state index contributed by atoms with van der Waals surface area (Å²) in [6.45, 7) is 4.30. The largest absolute Gasteiger partial charge is 2.00 e. The first-order valence-corrected chi connectivity index (χ1v) is 18.8. The third-order valence-corrected chi connectivity index (χ3v) is 9.10. The molecule has 0 saturated carbocycles. The predicted octanol–water partition coefficient (Wildman–Crippen LogP) is 7.75. The van der Waals surface area contributed by atoms with E-state index in [0.717, 1.165) is 99.2 Å². The molecule has 13 heteroatoms. The summed E-state index contributed by atoms with van der Waals surface area (Å²) in [5.74, 6) is 0.244. The van der Waals surface area contributed by atoms with E-state index in [1.165, 1.54) is 12.5 Å². The number of rotatable bonds is 16. The second-order valence-corrected chi connectivity index (χ2v) is 14.0. The van der Waals surface area contributed by atoms with E-state index >= 15 is 0 Å². The fourth-order valence-electron chi connectivity index (χ4n) is 4.80. The van der Waals surface area contributed by atoms with Crippen LogP contribution in [0.25, 0.3) is 0 Å². The van der Waals surface area contributed by atoms with Gasteiger partial charge in [-0.1, -0.05) is 101 Å². The Hall–Kier alpha value is -2.84. The summed E-state index contributed by atoms with van der Waals surface area (Å²) >= 11 is 0. The maximum absolute atomic E-state index is 11.9. The molecule has 4 rings (SSSR count). The average Bonchev–Trinajstić information content (AvgIpc) is 3.04. The predicted molar refractivity (Wildman–Crippen MR) is 186 cm³/mol. The molecule has 10 nitrogen and oxygen atoms in total. The molecule has 0 aliphatic rings. The van der Waals surface area contributed by atoms with E-state index in [2.05, 4.69) is 13.8 Å². The van der Waals surface area contributed by atoms with Crippen molar-refractivity contribution >= 4 is 58.0 Å². The Balaban J connectivity index is 0.000000333. The number of benzene rings is 4. The quantitative estimate of drug-likeness (QED) is 0.0657. The van der Waals surface area contributed by atoms with Crippen LogP contribution in [-0.2, 0) is 33.1 Å². The molecule has 0 radical (unpaired) electrons. The molecule has 0 aliphatic heterocycles. The molecule has 49 heavy (non-hydrogen) atoms. The monoisotopic (exact) mass is 738 g/mol. The number of ether oxygens (including phenoxy) is 2. The summed E-state index contributed by atoms with van der Waals surface area (Å²) in [4.78, 5) is -0.798. The Morgan fingerprint density at radius 2 is 1.08 bits per heavy atom. The molecule has 4 aromatic carbocycles. The molecule has 0 unspecified atom stereocenters. The zero-order chi connectivity index (χ0) is 35.2. The zero-order valence-corrected chi connectivity index (χ0v) is 31.7. The molecular formula is C36H42CaO10S2. The number of phenolic OH excluding ortho intramolecular Hbond substituents is 1. The van der Waals surface area contributed by atoms with Crippen LogP contribution in [-0.4, -0.2) is 68.8 Å². The van der Waals surface area contributed by atoms with Crippen LogP contribution in [0.3, 0.4) is 0 Å². The van der Waals surface area contributed by atoms with Gasteiger partial charge in [-0.3, -0.25) is 4.55 Å². The van der Waals surface area contributed by atoms with Crippen molar-refractivity contribution in [2.75, 3.05) is 0 Å². The molecule has 0 amide bonds. The molecule has 2 N–H and O–H groups in total. The van der Waals surface area contributed by atoms with Gasteiger partial charge in [-0.05, 0) is 73.2 Å². The SMILES string of the molecule is CCCCCCc1ccccc1Oc1cc(S(=O)(=O)O)ccc1O.CCCCCCc1ccccc1Oc1cc(S(=O)(=O)[O-])ccc1[O-].[Ca+2]. The van der Waals surface area contributed by atoms with E-state index in [-0.39, 0.29) is 59.9 Å². The van der Waals surface area contributed by atoms with Gasteiger partial charge in [-0.25, -0.2) is 8.42 Å². The van der Waals surface area contributed by atoms with Gasteiger partial charge in [0.05, 0.1) is 9.79 Å². The third kappa shape index (κ3) is 14.1. The van der Waals surface area contributed by atoms with Crippen molar-refractivity contribution in [2.24, 2.45) is 0 Å². The first-order valence-electron chi connectivity index (χ1n) is 15.9. The Labute approximate surface area is 319 Å². The van der Waals surface area contributed by atoms with Crippen molar-refractivity contribution in [1.82, 2.24) is 0 Å². The second kappa shape index (κ2) is 20.7. The normalized spacial score (nSPS) is 11.2. The van der Waals surface area contributed by atoms with Crippen molar-refractivity contribution in [1.29, 1.82) is 0 Å². The Bertz CT molecular complexity index is 1710. The first-order chi connectivity index (χ1) is 22.8. The number of para-hydroxylation sites is 2. The summed E-state index contributed by atoms with van der Waals surface area (Å²) in [6, 6.07) is 21.2. The van der Waals surface area contributed by atoms with Crippen LogP contribution in [0.1, 0.15) is 76.3 Å². The van der Waals surface area contributed by atoms with Gasteiger partial charge in [0.15, 0.2) is 11.5 Å². The number of phenols is 1. The molecule has 0 aliphatic carbocycles. The van der Waals surface area contributed by atoms with Crippen LogP contribution in [0.15, 0.2) is 94.7 Å². The summed E-state index contributed by atoms with van der Waals surface area (Å²) in [5.41, 5.74) is 1.94. The summed E-state index contributed by atoms with van der Waals surface area (Å²) < 4.78 is 76.2. The van der Waals surface area contributed by atoms with E-state index in [9.17, 15) is 31.6 Å². The Morgan fingerprint density at radius 1 is 0.612 bits per heavy atom. The zero-order valence-electron chi connectivity index (χ0n) is 27.8. The molecule has 0 spiro atoms. The maximum atomic E-state index is 11.9. The van der Waals surface area contributed by atoms with E-state index in [1.54, 1.807) is 18.2 Å². The van der Waals surface area contributed by atoms with Gasteiger partial charge in [0, 0.05) is 6.07 Å². The number of hydrogen-bond donors (Lipinski definition) is 2. The van der Waals surface area contributed by atoms with E-state index < -0.39 is 30.9 Å². The average molecular weight is 739 g/mol. The van der Waals surface area contributed by atoms with Crippen LogP contribution in [0.5, 0.6) is 34.5 Å².